The first-order valence-corrected chi connectivity index (χ1v) is 8.06. The number of amides is 2. The van der Waals surface area contributed by atoms with Crippen molar-refractivity contribution in [2.75, 3.05) is 13.7 Å². The standard InChI is InChI=1S/C18H24N4O3/c1-12-6-16(25-3)5-4-14(12)8-17(23)20-10-15(18(19)24)7-13-9-21-22(2)11-13/h4-6,9,11,15H,7-8,10H2,1-3H3,(H2,19,24)(H,20,23). The molecular weight excluding hydrogens is 320 g/mol. The molecule has 1 heterocycles. The summed E-state index contributed by atoms with van der Waals surface area (Å²) in [6.45, 7) is 2.14. The number of carbonyl (C=O) groups excluding carboxylic acids is 2. The zero-order valence-corrected chi connectivity index (χ0v) is 14.8. The van der Waals surface area contributed by atoms with Gasteiger partial charge in [0.25, 0.3) is 0 Å². The maximum Gasteiger partial charge on any atom is 0.224 e. The Bertz CT molecular complexity index is 755. The lowest BCUT2D eigenvalue weighted by atomic mass is 10.0. The summed E-state index contributed by atoms with van der Waals surface area (Å²) in [6.07, 6.45) is 4.22. The molecule has 134 valence electrons. The fraction of sp³-hybridized carbons (Fsp3) is 0.389. The number of aromatic nitrogens is 2. The van der Waals surface area contributed by atoms with Crippen LogP contribution in [0.5, 0.6) is 5.75 Å². The summed E-state index contributed by atoms with van der Waals surface area (Å²) in [6, 6.07) is 5.58. The van der Waals surface area contributed by atoms with E-state index in [2.05, 4.69) is 10.4 Å². The first kappa shape index (κ1) is 18.5. The highest BCUT2D eigenvalue weighted by molar-refractivity contribution is 5.81. The van der Waals surface area contributed by atoms with Crippen LogP contribution < -0.4 is 15.8 Å². The number of nitrogens with two attached hydrogens (primary N) is 1. The third-order valence-electron chi connectivity index (χ3n) is 4.09. The molecule has 0 aliphatic rings. The van der Waals surface area contributed by atoms with Crippen molar-refractivity contribution in [1.29, 1.82) is 0 Å². The van der Waals surface area contributed by atoms with Crippen LogP contribution in [-0.2, 0) is 29.5 Å². The van der Waals surface area contributed by atoms with Crippen LogP contribution >= 0.6 is 0 Å². The van der Waals surface area contributed by atoms with Crippen LogP contribution in [0, 0.1) is 12.8 Å². The fourth-order valence-electron chi connectivity index (χ4n) is 2.60. The molecule has 0 saturated heterocycles. The molecule has 0 aliphatic heterocycles. The van der Waals surface area contributed by atoms with E-state index in [1.54, 1.807) is 18.0 Å². The number of primary amides is 1. The molecule has 25 heavy (non-hydrogen) atoms. The molecular formula is C18H24N4O3. The van der Waals surface area contributed by atoms with Gasteiger partial charge in [-0.2, -0.15) is 5.10 Å². The van der Waals surface area contributed by atoms with Gasteiger partial charge < -0.3 is 15.8 Å². The molecule has 0 bridgehead atoms. The van der Waals surface area contributed by atoms with E-state index in [4.69, 9.17) is 10.5 Å². The summed E-state index contributed by atoms with van der Waals surface area (Å²) >= 11 is 0. The first-order chi connectivity index (χ1) is 11.9. The van der Waals surface area contributed by atoms with E-state index in [-0.39, 0.29) is 18.9 Å². The lowest BCUT2D eigenvalue weighted by molar-refractivity contribution is -0.123. The van der Waals surface area contributed by atoms with Gasteiger partial charge in [0.2, 0.25) is 11.8 Å². The average molecular weight is 344 g/mol. The minimum absolute atomic E-state index is 0.147. The minimum Gasteiger partial charge on any atom is -0.497 e. The van der Waals surface area contributed by atoms with Gasteiger partial charge in [-0.1, -0.05) is 6.07 Å². The molecule has 2 aromatic rings. The smallest absolute Gasteiger partial charge is 0.224 e. The Balaban J connectivity index is 1.91. The van der Waals surface area contributed by atoms with Crippen molar-refractivity contribution in [3.05, 3.63) is 47.3 Å². The number of carbonyl (C=O) groups is 2. The zero-order valence-electron chi connectivity index (χ0n) is 14.8. The second-order valence-corrected chi connectivity index (χ2v) is 6.10. The normalized spacial score (nSPS) is 11.8. The SMILES string of the molecule is COc1ccc(CC(=O)NCC(Cc2cnn(C)c2)C(N)=O)c(C)c1. The van der Waals surface area contributed by atoms with Gasteiger partial charge in [0.05, 0.1) is 25.6 Å². The van der Waals surface area contributed by atoms with Crippen molar-refractivity contribution in [1.82, 2.24) is 15.1 Å². The number of hydrogen-bond acceptors (Lipinski definition) is 4. The lowest BCUT2D eigenvalue weighted by Crippen LogP contribution is -2.37. The Labute approximate surface area is 147 Å². The molecule has 0 saturated carbocycles. The first-order valence-electron chi connectivity index (χ1n) is 8.06. The quantitative estimate of drug-likeness (QED) is 0.738. The molecule has 7 nitrogen and oxygen atoms in total. The van der Waals surface area contributed by atoms with Gasteiger partial charge in [0.15, 0.2) is 0 Å². The molecule has 0 radical (unpaired) electrons. The summed E-state index contributed by atoms with van der Waals surface area (Å²) in [4.78, 5) is 23.8. The Hall–Kier alpha value is -2.83. The molecule has 7 heteroatoms. The van der Waals surface area contributed by atoms with Gasteiger partial charge in [-0.3, -0.25) is 14.3 Å². The zero-order chi connectivity index (χ0) is 18.4. The van der Waals surface area contributed by atoms with Crippen LogP contribution in [0.25, 0.3) is 0 Å². The predicted octanol–water partition coefficient (Wildman–Crippen LogP) is 0.740. The number of benzene rings is 1. The lowest BCUT2D eigenvalue weighted by Gasteiger charge is -2.14. The van der Waals surface area contributed by atoms with E-state index in [0.29, 0.717) is 6.42 Å². The Kier molecular flexibility index (Phi) is 6.16. The Morgan fingerprint density at radius 1 is 1.40 bits per heavy atom. The second kappa shape index (κ2) is 8.32. The number of aryl methyl sites for hydroxylation is 2. The van der Waals surface area contributed by atoms with E-state index < -0.39 is 11.8 Å². The van der Waals surface area contributed by atoms with Crippen LogP contribution in [-0.4, -0.2) is 35.2 Å². The van der Waals surface area contributed by atoms with Crippen LogP contribution in [0.3, 0.4) is 0 Å². The average Bonchev–Trinajstić information content (AvgIpc) is 2.98. The van der Waals surface area contributed by atoms with Crippen molar-refractivity contribution in [2.24, 2.45) is 18.7 Å². The molecule has 0 spiro atoms. The van der Waals surface area contributed by atoms with Crippen LogP contribution in [0.2, 0.25) is 0 Å². The van der Waals surface area contributed by atoms with E-state index in [9.17, 15) is 9.59 Å². The van der Waals surface area contributed by atoms with Gasteiger partial charge in [-0.05, 0) is 42.2 Å². The fourth-order valence-corrected chi connectivity index (χ4v) is 2.60. The van der Waals surface area contributed by atoms with Crippen molar-refractivity contribution in [3.63, 3.8) is 0 Å². The van der Waals surface area contributed by atoms with Gasteiger partial charge in [0, 0.05) is 19.8 Å². The molecule has 1 aromatic heterocycles. The second-order valence-electron chi connectivity index (χ2n) is 6.10. The Morgan fingerprint density at radius 3 is 2.72 bits per heavy atom. The molecule has 1 atom stereocenters. The number of rotatable bonds is 8. The summed E-state index contributed by atoms with van der Waals surface area (Å²) in [5.41, 5.74) is 8.26. The van der Waals surface area contributed by atoms with E-state index in [1.807, 2.05) is 38.4 Å². The largest absolute Gasteiger partial charge is 0.497 e. The highest BCUT2D eigenvalue weighted by Gasteiger charge is 2.18. The van der Waals surface area contributed by atoms with Crippen LogP contribution in [0.15, 0.2) is 30.6 Å². The topological polar surface area (TPSA) is 99.2 Å². The number of ether oxygens (including phenoxy) is 1. The highest BCUT2D eigenvalue weighted by atomic mass is 16.5. The van der Waals surface area contributed by atoms with E-state index in [0.717, 1.165) is 22.4 Å². The summed E-state index contributed by atoms with van der Waals surface area (Å²) in [5, 5.41) is 6.87. The highest BCUT2D eigenvalue weighted by Crippen LogP contribution is 2.17. The number of methoxy groups -OCH3 is 1. The predicted molar refractivity (Wildman–Crippen MR) is 94.0 cm³/mol. The molecule has 0 fully saturated rings. The number of nitrogens with one attached hydrogen (secondary N) is 1. The Morgan fingerprint density at radius 2 is 2.16 bits per heavy atom. The minimum atomic E-state index is -0.467. The monoisotopic (exact) mass is 344 g/mol. The number of hydrogen-bond donors (Lipinski definition) is 2. The van der Waals surface area contributed by atoms with Gasteiger partial charge in [-0.25, -0.2) is 0 Å². The summed E-state index contributed by atoms with van der Waals surface area (Å²) in [7, 11) is 3.41. The van der Waals surface area contributed by atoms with Crippen LogP contribution in [0.4, 0.5) is 0 Å². The van der Waals surface area contributed by atoms with Gasteiger partial charge in [-0.15, -0.1) is 0 Å². The summed E-state index contributed by atoms with van der Waals surface area (Å²) in [5.74, 6) is -0.299. The maximum atomic E-state index is 12.2. The van der Waals surface area contributed by atoms with E-state index >= 15 is 0 Å². The summed E-state index contributed by atoms with van der Waals surface area (Å²) < 4.78 is 6.82. The van der Waals surface area contributed by atoms with Crippen molar-refractivity contribution in [2.45, 2.75) is 19.8 Å². The molecule has 3 N–H and O–H groups in total. The van der Waals surface area contributed by atoms with E-state index in [1.165, 1.54) is 0 Å². The molecule has 2 amide bonds. The third-order valence-corrected chi connectivity index (χ3v) is 4.09. The van der Waals surface area contributed by atoms with Crippen molar-refractivity contribution in [3.8, 4) is 5.75 Å². The maximum absolute atomic E-state index is 12.2. The molecule has 1 aromatic carbocycles. The van der Waals surface area contributed by atoms with Crippen molar-refractivity contribution >= 4 is 11.8 Å². The molecule has 0 aliphatic carbocycles. The van der Waals surface area contributed by atoms with Crippen LogP contribution in [0.1, 0.15) is 16.7 Å². The number of nitrogens with zero attached hydrogens (tertiary/aromatic N) is 2. The van der Waals surface area contributed by atoms with Gasteiger partial charge in [0.1, 0.15) is 5.75 Å². The van der Waals surface area contributed by atoms with Crippen molar-refractivity contribution < 1.29 is 14.3 Å². The van der Waals surface area contributed by atoms with Gasteiger partial charge >= 0.3 is 0 Å². The molecule has 2 rings (SSSR count). The third kappa shape index (κ3) is 5.34. The molecule has 1 unspecified atom stereocenters.